The largest absolute Gasteiger partial charge is 0.383 e. The molecule has 15 heavy (non-hydrogen) atoms. The number of ether oxygens (including phenoxy) is 1. The van der Waals surface area contributed by atoms with Crippen molar-refractivity contribution in [1.82, 2.24) is 10.2 Å². The van der Waals surface area contributed by atoms with Gasteiger partial charge in [0.2, 0.25) is 0 Å². The highest BCUT2D eigenvalue weighted by atomic mass is 16.5. The van der Waals surface area contributed by atoms with Gasteiger partial charge in [0, 0.05) is 38.3 Å². The molecule has 0 radical (unpaired) electrons. The molecule has 3 nitrogen and oxygen atoms in total. The first kappa shape index (κ1) is 11.4. The van der Waals surface area contributed by atoms with Crippen molar-refractivity contribution in [2.75, 3.05) is 33.4 Å². The Morgan fingerprint density at radius 3 is 2.80 bits per heavy atom. The van der Waals surface area contributed by atoms with Crippen molar-refractivity contribution in [3.05, 3.63) is 0 Å². The van der Waals surface area contributed by atoms with Crippen molar-refractivity contribution in [3.63, 3.8) is 0 Å². The number of methoxy groups -OCH3 is 1. The lowest BCUT2D eigenvalue weighted by Gasteiger charge is -2.48. The first-order valence-corrected chi connectivity index (χ1v) is 6.14. The molecule has 1 saturated carbocycles. The van der Waals surface area contributed by atoms with Gasteiger partial charge in [-0.3, -0.25) is 4.90 Å². The van der Waals surface area contributed by atoms with Crippen LogP contribution >= 0.6 is 0 Å². The van der Waals surface area contributed by atoms with Crippen molar-refractivity contribution in [1.29, 1.82) is 0 Å². The van der Waals surface area contributed by atoms with Gasteiger partial charge in [-0.15, -0.1) is 0 Å². The van der Waals surface area contributed by atoms with Crippen LogP contribution in [0.15, 0.2) is 0 Å². The van der Waals surface area contributed by atoms with Crippen LogP contribution in [0.5, 0.6) is 0 Å². The predicted molar refractivity (Wildman–Crippen MR) is 62.0 cm³/mol. The molecule has 1 N–H and O–H groups in total. The molecule has 0 amide bonds. The van der Waals surface area contributed by atoms with Crippen molar-refractivity contribution in [2.45, 2.75) is 38.3 Å². The molecule has 0 aromatic rings. The Bertz CT molecular complexity index is 218. The number of hydrogen-bond acceptors (Lipinski definition) is 3. The van der Waals surface area contributed by atoms with Gasteiger partial charge in [-0.25, -0.2) is 0 Å². The summed E-state index contributed by atoms with van der Waals surface area (Å²) in [4.78, 5) is 2.63. The van der Waals surface area contributed by atoms with Crippen LogP contribution in [-0.4, -0.2) is 49.8 Å². The third-order valence-electron chi connectivity index (χ3n) is 4.05. The van der Waals surface area contributed by atoms with E-state index in [0.717, 1.165) is 32.2 Å². The molecule has 1 aliphatic heterocycles. The fourth-order valence-corrected chi connectivity index (χ4v) is 2.75. The van der Waals surface area contributed by atoms with Crippen LogP contribution in [-0.2, 0) is 4.74 Å². The van der Waals surface area contributed by atoms with Crippen LogP contribution in [0.1, 0.15) is 26.7 Å². The van der Waals surface area contributed by atoms with E-state index in [0.29, 0.717) is 11.6 Å². The maximum atomic E-state index is 5.21. The summed E-state index contributed by atoms with van der Waals surface area (Å²) in [5.41, 5.74) is 0.380. The number of nitrogens with one attached hydrogen (secondary N) is 1. The fourth-order valence-electron chi connectivity index (χ4n) is 2.75. The molecular weight excluding hydrogens is 188 g/mol. The van der Waals surface area contributed by atoms with Gasteiger partial charge in [0.1, 0.15) is 0 Å². The van der Waals surface area contributed by atoms with Crippen LogP contribution in [0.4, 0.5) is 0 Å². The topological polar surface area (TPSA) is 24.5 Å². The van der Waals surface area contributed by atoms with E-state index in [-0.39, 0.29) is 0 Å². The number of piperazine rings is 1. The smallest absolute Gasteiger partial charge is 0.0589 e. The monoisotopic (exact) mass is 212 g/mol. The third kappa shape index (κ3) is 2.35. The molecule has 2 rings (SSSR count). The highest BCUT2D eigenvalue weighted by Gasteiger charge is 2.47. The molecule has 0 bridgehead atoms. The Kier molecular flexibility index (Phi) is 3.33. The second kappa shape index (κ2) is 4.40. The number of rotatable bonds is 4. The second-order valence-corrected chi connectivity index (χ2v) is 5.35. The van der Waals surface area contributed by atoms with Crippen molar-refractivity contribution >= 4 is 0 Å². The van der Waals surface area contributed by atoms with Crippen LogP contribution in [0, 0.1) is 5.92 Å². The lowest BCUT2D eigenvalue weighted by molar-refractivity contribution is 0.0179. The zero-order valence-electron chi connectivity index (χ0n) is 10.3. The molecule has 0 aromatic heterocycles. The van der Waals surface area contributed by atoms with E-state index in [9.17, 15) is 0 Å². The summed E-state index contributed by atoms with van der Waals surface area (Å²) in [6, 6.07) is 0.619. The van der Waals surface area contributed by atoms with Gasteiger partial charge in [0.25, 0.3) is 0 Å². The van der Waals surface area contributed by atoms with Crippen molar-refractivity contribution in [2.24, 2.45) is 5.92 Å². The van der Waals surface area contributed by atoms with Gasteiger partial charge in [-0.05, 0) is 32.6 Å². The van der Waals surface area contributed by atoms with E-state index in [1.54, 1.807) is 7.11 Å². The summed E-state index contributed by atoms with van der Waals surface area (Å²) in [6.45, 7) is 8.93. The molecule has 0 spiro atoms. The standard InChI is InChI=1S/C12H24N2O/c1-10-8-14(6-7-15-3)12(2,9-13-10)11-4-5-11/h10-11,13H,4-9H2,1-3H3. The van der Waals surface area contributed by atoms with Gasteiger partial charge in [-0.2, -0.15) is 0 Å². The maximum Gasteiger partial charge on any atom is 0.0589 e. The number of nitrogens with zero attached hydrogens (tertiary/aromatic N) is 1. The average Bonchev–Trinajstić information content (AvgIpc) is 3.03. The van der Waals surface area contributed by atoms with Crippen LogP contribution < -0.4 is 5.32 Å². The lowest BCUT2D eigenvalue weighted by Crippen LogP contribution is -2.64. The van der Waals surface area contributed by atoms with E-state index in [1.807, 2.05) is 0 Å². The molecule has 88 valence electrons. The molecule has 2 fully saturated rings. The lowest BCUT2D eigenvalue weighted by atomic mass is 9.90. The Hall–Kier alpha value is -0.120. The second-order valence-electron chi connectivity index (χ2n) is 5.35. The normalized spacial score (nSPS) is 38.2. The first-order valence-electron chi connectivity index (χ1n) is 6.14. The Morgan fingerprint density at radius 1 is 1.47 bits per heavy atom. The summed E-state index contributed by atoms with van der Waals surface area (Å²) in [5.74, 6) is 0.911. The van der Waals surface area contributed by atoms with Gasteiger partial charge >= 0.3 is 0 Å². The Morgan fingerprint density at radius 2 is 2.20 bits per heavy atom. The Balaban J connectivity index is 1.99. The predicted octanol–water partition coefficient (Wildman–Crippen LogP) is 1.10. The summed E-state index contributed by atoms with van der Waals surface area (Å²) >= 11 is 0. The van der Waals surface area contributed by atoms with Crippen molar-refractivity contribution in [3.8, 4) is 0 Å². The summed E-state index contributed by atoms with van der Waals surface area (Å²) in [6.07, 6.45) is 2.83. The third-order valence-corrected chi connectivity index (χ3v) is 4.05. The van der Waals surface area contributed by atoms with Gasteiger partial charge in [0.05, 0.1) is 6.61 Å². The van der Waals surface area contributed by atoms with Gasteiger partial charge < -0.3 is 10.1 Å². The molecule has 2 atom stereocenters. The van der Waals surface area contributed by atoms with E-state index in [4.69, 9.17) is 4.74 Å². The van der Waals surface area contributed by atoms with Crippen LogP contribution in [0.25, 0.3) is 0 Å². The average molecular weight is 212 g/mol. The van der Waals surface area contributed by atoms with E-state index >= 15 is 0 Å². The maximum absolute atomic E-state index is 5.21. The molecule has 0 aromatic carbocycles. The zero-order valence-corrected chi connectivity index (χ0v) is 10.3. The molecule has 3 heteroatoms. The van der Waals surface area contributed by atoms with E-state index in [1.165, 1.54) is 12.8 Å². The molecule has 1 aliphatic carbocycles. The zero-order chi connectivity index (χ0) is 10.9. The van der Waals surface area contributed by atoms with Crippen LogP contribution in [0.2, 0.25) is 0 Å². The fraction of sp³-hybridized carbons (Fsp3) is 1.00. The van der Waals surface area contributed by atoms with Crippen molar-refractivity contribution < 1.29 is 4.74 Å². The Labute approximate surface area is 93.2 Å². The first-order chi connectivity index (χ1) is 7.16. The molecule has 2 aliphatic rings. The summed E-state index contributed by atoms with van der Waals surface area (Å²) in [5, 5.41) is 3.62. The SMILES string of the molecule is COCCN1CC(C)NCC1(C)C1CC1. The summed E-state index contributed by atoms with van der Waals surface area (Å²) in [7, 11) is 1.79. The minimum Gasteiger partial charge on any atom is -0.383 e. The van der Waals surface area contributed by atoms with E-state index < -0.39 is 0 Å². The van der Waals surface area contributed by atoms with Gasteiger partial charge in [-0.1, -0.05) is 0 Å². The highest BCUT2D eigenvalue weighted by Crippen LogP contribution is 2.43. The van der Waals surface area contributed by atoms with E-state index in [2.05, 4.69) is 24.1 Å². The molecule has 1 heterocycles. The quantitative estimate of drug-likeness (QED) is 0.755. The molecule has 2 unspecified atom stereocenters. The minimum atomic E-state index is 0.380. The van der Waals surface area contributed by atoms with Gasteiger partial charge in [0.15, 0.2) is 0 Å². The molecular formula is C12H24N2O. The molecule has 1 saturated heterocycles. The highest BCUT2D eigenvalue weighted by molar-refractivity contribution is 5.04. The number of hydrogen-bond donors (Lipinski definition) is 1. The minimum absolute atomic E-state index is 0.380. The summed E-state index contributed by atoms with van der Waals surface area (Å²) < 4.78 is 5.21. The van der Waals surface area contributed by atoms with Crippen LogP contribution in [0.3, 0.4) is 0 Å².